The maximum atomic E-state index is 12.9. The second kappa shape index (κ2) is 5.07. The minimum atomic E-state index is -0.810. The smallest absolute Gasteiger partial charge is 0.320 e. The standard InChI is InChI=1S/C19H30O3/c1-11(2)13-7-6-12(3)10-14(13)22-17(21)19-15(18(19,4)5)8-9-16(19)20/h11-15H,6-10H2,1-5H3/t12-,13-,14+,15-,19-/m0/s1. The van der Waals surface area contributed by atoms with Gasteiger partial charge >= 0.3 is 5.97 Å². The molecule has 0 amide bonds. The van der Waals surface area contributed by atoms with Gasteiger partial charge in [0.1, 0.15) is 11.5 Å². The molecule has 0 spiro atoms. The number of esters is 1. The van der Waals surface area contributed by atoms with Crippen molar-refractivity contribution in [2.75, 3.05) is 0 Å². The van der Waals surface area contributed by atoms with Crippen LogP contribution < -0.4 is 0 Å². The predicted molar refractivity (Wildman–Crippen MR) is 85.2 cm³/mol. The van der Waals surface area contributed by atoms with E-state index in [2.05, 4.69) is 34.6 Å². The van der Waals surface area contributed by atoms with Gasteiger partial charge in [-0.3, -0.25) is 9.59 Å². The van der Waals surface area contributed by atoms with Gasteiger partial charge in [0, 0.05) is 6.42 Å². The monoisotopic (exact) mass is 306 g/mol. The number of Topliss-reactive ketones (excluding diaryl/α,β-unsaturated/α-hetero) is 1. The Bertz CT molecular complexity index is 493. The van der Waals surface area contributed by atoms with Crippen LogP contribution in [0.3, 0.4) is 0 Å². The first kappa shape index (κ1) is 16.0. The molecule has 3 nitrogen and oxygen atoms in total. The summed E-state index contributed by atoms with van der Waals surface area (Å²) in [6, 6.07) is 0. The Labute approximate surface area is 134 Å². The summed E-state index contributed by atoms with van der Waals surface area (Å²) in [7, 11) is 0. The van der Waals surface area contributed by atoms with Gasteiger partial charge in [-0.25, -0.2) is 0 Å². The van der Waals surface area contributed by atoms with Crippen LogP contribution in [0.1, 0.15) is 66.7 Å². The number of carbonyl (C=O) groups is 2. The third-order valence-electron chi connectivity index (χ3n) is 6.97. The lowest BCUT2D eigenvalue weighted by molar-refractivity contribution is -0.166. The molecule has 0 aromatic carbocycles. The van der Waals surface area contributed by atoms with E-state index in [1.165, 1.54) is 6.42 Å². The largest absolute Gasteiger partial charge is 0.461 e. The van der Waals surface area contributed by atoms with Gasteiger partial charge in [0.25, 0.3) is 0 Å². The molecule has 3 heteroatoms. The fraction of sp³-hybridized carbons (Fsp3) is 0.895. The second-order valence-electron chi connectivity index (χ2n) is 8.81. The fourth-order valence-corrected chi connectivity index (χ4v) is 5.47. The number of hydrogen-bond donors (Lipinski definition) is 0. The lowest BCUT2D eigenvalue weighted by atomic mass is 9.75. The zero-order chi connectivity index (χ0) is 16.3. The molecule has 0 unspecified atom stereocenters. The van der Waals surface area contributed by atoms with E-state index in [-0.39, 0.29) is 29.2 Å². The topological polar surface area (TPSA) is 43.4 Å². The maximum absolute atomic E-state index is 12.9. The van der Waals surface area contributed by atoms with Gasteiger partial charge in [-0.15, -0.1) is 0 Å². The van der Waals surface area contributed by atoms with Crippen LogP contribution in [0.5, 0.6) is 0 Å². The van der Waals surface area contributed by atoms with E-state index in [0.29, 0.717) is 24.2 Å². The Kier molecular flexibility index (Phi) is 3.69. The molecule has 3 fully saturated rings. The lowest BCUT2D eigenvalue weighted by Gasteiger charge is -2.37. The molecule has 5 atom stereocenters. The van der Waals surface area contributed by atoms with Crippen LogP contribution in [0.2, 0.25) is 0 Å². The van der Waals surface area contributed by atoms with Crippen molar-refractivity contribution in [3.05, 3.63) is 0 Å². The first-order chi connectivity index (χ1) is 10.2. The highest BCUT2D eigenvalue weighted by atomic mass is 16.5. The van der Waals surface area contributed by atoms with Gasteiger partial charge in [-0.05, 0) is 48.3 Å². The minimum Gasteiger partial charge on any atom is -0.461 e. The molecule has 0 saturated heterocycles. The third kappa shape index (κ3) is 2.00. The van der Waals surface area contributed by atoms with Crippen LogP contribution in [0.15, 0.2) is 0 Å². The molecule has 3 aliphatic rings. The first-order valence-electron chi connectivity index (χ1n) is 8.97. The fourth-order valence-electron chi connectivity index (χ4n) is 5.47. The van der Waals surface area contributed by atoms with Crippen LogP contribution in [0, 0.1) is 34.5 Å². The Morgan fingerprint density at radius 1 is 1.23 bits per heavy atom. The van der Waals surface area contributed by atoms with E-state index in [1.807, 2.05) is 0 Å². The van der Waals surface area contributed by atoms with Crippen molar-refractivity contribution in [2.45, 2.75) is 72.8 Å². The van der Waals surface area contributed by atoms with Crippen LogP contribution in [-0.4, -0.2) is 17.9 Å². The Balaban J connectivity index is 1.77. The zero-order valence-corrected chi connectivity index (χ0v) is 14.6. The molecular formula is C19H30O3. The summed E-state index contributed by atoms with van der Waals surface area (Å²) in [4.78, 5) is 25.4. The molecule has 0 aromatic heterocycles. The van der Waals surface area contributed by atoms with Gasteiger partial charge in [0.15, 0.2) is 5.78 Å². The number of ketones is 1. The normalized spacial score (nSPS) is 43.1. The Morgan fingerprint density at radius 2 is 1.91 bits per heavy atom. The van der Waals surface area contributed by atoms with Crippen molar-refractivity contribution in [3.8, 4) is 0 Å². The molecule has 3 saturated carbocycles. The number of ether oxygens (including phenoxy) is 1. The molecule has 3 aliphatic carbocycles. The molecule has 0 heterocycles. The number of rotatable bonds is 3. The second-order valence-corrected chi connectivity index (χ2v) is 8.81. The summed E-state index contributed by atoms with van der Waals surface area (Å²) < 4.78 is 6.01. The van der Waals surface area contributed by atoms with Gasteiger partial charge in [-0.2, -0.15) is 0 Å². The molecule has 0 bridgehead atoms. The molecule has 0 N–H and O–H groups in total. The van der Waals surface area contributed by atoms with Gasteiger partial charge < -0.3 is 4.74 Å². The van der Waals surface area contributed by atoms with E-state index < -0.39 is 5.41 Å². The van der Waals surface area contributed by atoms with Crippen molar-refractivity contribution in [1.29, 1.82) is 0 Å². The van der Waals surface area contributed by atoms with Crippen molar-refractivity contribution in [2.24, 2.45) is 34.5 Å². The van der Waals surface area contributed by atoms with Crippen LogP contribution in [0.25, 0.3) is 0 Å². The van der Waals surface area contributed by atoms with Crippen molar-refractivity contribution < 1.29 is 14.3 Å². The predicted octanol–water partition coefficient (Wildman–Crippen LogP) is 4.00. The van der Waals surface area contributed by atoms with Gasteiger partial charge in [0.05, 0.1) is 0 Å². The van der Waals surface area contributed by atoms with Crippen LogP contribution in [0.4, 0.5) is 0 Å². The molecular weight excluding hydrogens is 276 g/mol. The minimum absolute atomic E-state index is 0.00363. The van der Waals surface area contributed by atoms with Crippen molar-refractivity contribution >= 4 is 11.8 Å². The summed E-state index contributed by atoms with van der Waals surface area (Å²) in [5, 5.41) is 0. The number of carbonyl (C=O) groups excluding carboxylic acids is 2. The van der Waals surface area contributed by atoms with E-state index in [9.17, 15) is 9.59 Å². The van der Waals surface area contributed by atoms with E-state index >= 15 is 0 Å². The summed E-state index contributed by atoms with van der Waals surface area (Å²) in [5.41, 5.74) is -1.01. The lowest BCUT2D eigenvalue weighted by Crippen LogP contribution is -2.40. The highest BCUT2D eigenvalue weighted by molar-refractivity contribution is 6.10. The Hall–Kier alpha value is -0.860. The molecule has 0 radical (unpaired) electrons. The highest BCUT2D eigenvalue weighted by Crippen LogP contribution is 2.75. The molecule has 22 heavy (non-hydrogen) atoms. The summed E-state index contributed by atoms with van der Waals surface area (Å²) in [6.45, 7) is 10.8. The SMILES string of the molecule is CC(C)[C@@H]1CC[C@H](C)C[C@H]1OC(=O)[C@@]12C(=O)CC[C@H]1C2(C)C. The zero-order valence-electron chi connectivity index (χ0n) is 14.6. The molecule has 0 aliphatic heterocycles. The summed E-state index contributed by atoms with van der Waals surface area (Å²) in [6.07, 6.45) is 4.70. The van der Waals surface area contributed by atoms with Crippen molar-refractivity contribution in [1.82, 2.24) is 0 Å². The quantitative estimate of drug-likeness (QED) is 0.585. The first-order valence-corrected chi connectivity index (χ1v) is 8.97. The van der Waals surface area contributed by atoms with Gasteiger partial charge in [0.2, 0.25) is 0 Å². The average Bonchev–Trinajstić information content (AvgIpc) is 2.72. The van der Waals surface area contributed by atoms with Gasteiger partial charge in [-0.1, -0.05) is 41.0 Å². The highest BCUT2D eigenvalue weighted by Gasteiger charge is 2.82. The average molecular weight is 306 g/mol. The van der Waals surface area contributed by atoms with E-state index in [4.69, 9.17) is 4.74 Å². The number of hydrogen-bond acceptors (Lipinski definition) is 3. The Morgan fingerprint density at radius 3 is 2.45 bits per heavy atom. The molecule has 0 aromatic rings. The van der Waals surface area contributed by atoms with Crippen molar-refractivity contribution in [3.63, 3.8) is 0 Å². The maximum Gasteiger partial charge on any atom is 0.320 e. The van der Waals surface area contributed by atoms with Crippen LogP contribution >= 0.6 is 0 Å². The van der Waals surface area contributed by atoms with Crippen LogP contribution in [-0.2, 0) is 14.3 Å². The number of fused-ring (bicyclic) bond motifs is 1. The molecule has 124 valence electrons. The van der Waals surface area contributed by atoms with E-state index in [1.54, 1.807) is 0 Å². The van der Waals surface area contributed by atoms with E-state index in [0.717, 1.165) is 19.3 Å². The summed E-state index contributed by atoms with van der Waals surface area (Å²) >= 11 is 0. The molecule has 3 rings (SSSR count). The third-order valence-corrected chi connectivity index (χ3v) is 6.97. The summed E-state index contributed by atoms with van der Waals surface area (Å²) in [5.74, 6) is 1.68.